The number of hydrogen-bond acceptors (Lipinski definition) is 7. The number of ether oxygens (including phenoxy) is 2. The number of methoxy groups -OCH3 is 2. The van der Waals surface area contributed by atoms with Gasteiger partial charge in [-0.05, 0) is 49.2 Å². The summed E-state index contributed by atoms with van der Waals surface area (Å²) >= 11 is 1.27. The van der Waals surface area contributed by atoms with Crippen molar-refractivity contribution in [1.82, 2.24) is 20.1 Å². The second-order valence-corrected chi connectivity index (χ2v) is 9.06. The molecule has 2 N–H and O–H groups in total. The van der Waals surface area contributed by atoms with Crippen LogP contribution in [0.1, 0.15) is 22.5 Å². The first kappa shape index (κ1) is 27.5. The molecule has 0 saturated carbocycles. The summed E-state index contributed by atoms with van der Waals surface area (Å²) in [7, 11) is 3.12. The second kappa shape index (κ2) is 13.3. The molecular formula is C27H31N5O4S. The molecule has 0 unspecified atom stereocenters. The minimum absolute atomic E-state index is 0.139. The minimum atomic E-state index is -0.287. The molecule has 0 fully saturated rings. The van der Waals surface area contributed by atoms with Crippen molar-refractivity contribution < 1.29 is 19.1 Å². The lowest BCUT2D eigenvalue weighted by Gasteiger charge is -2.10. The Morgan fingerprint density at radius 3 is 2.57 bits per heavy atom. The van der Waals surface area contributed by atoms with E-state index in [4.69, 9.17) is 9.47 Å². The summed E-state index contributed by atoms with van der Waals surface area (Å²) in [6.07, 6.45) is 4.83. The number of aromatic nitrogens is 3. The zero-order valence-electron chi connectivity index (χ0n) is 21.4. The smallest absolute Gasteiger partial charge is 0.244 e. The van der Waals surface area contributed by atoms with E-state index in [0.29, 0.717) is 29.0 Å². The zero-order chi connectivity index (χ0) is 26.8. The average Bonchev–Trinajstić information content (AvgIpc) is 3.27. The Balaban J connectivity index is 1.58. The molecule has 3 aromatic rings. The minimum Gasteiger partial charge on any atom is -0.493 e. The number of rotatable bonds is 12. The molecule has 0 bridgehead atoms. The van der Waals surface area contributed by atoms with Gasteiger partial charge in [0, 0.05) is 18.3 Å². The first-order valence-corrected chi connectivity index (χ1v) is 12.5. The zero-order valence-corrected chi connectivity index (χ0v) is 22.2. The van der Waals surface area contributed by atoms with E-state index >= 15 is 0 Å². The predicted molar refractivity (Wildman–Crippen MR) is 146 cm³/mol. The Kier molecular flexibility index (Phi) is 9.91. The van der Waals surface area contributed by atoms with Gasteiger partial charge < -0.3 is 24.7 Å². The fourth-order valence-electron chi connectivity index (χ4n) is 3.49. The summed E-state index contributed by atoms with van der Waals surface area (Å²) in [4.78, 5) is 24.9. The van der Waals surface area contributed by atoms with E-state index in [1.807, 2.05) is 42.7 Å². The lowest BCUT2D eigenvalue weighted by molar-refractivity contribution is -0.116. The number of hydrogen-bond donors (Lipinski definition) is 2. The fraction of sp³-hybridized carbons (Fsp3) is 0.259. The highest BCUT2D eigenvalue weighted by atomic mass is 32.2. The number of thioether (sulfide) groups is 1. The van der Waals surface area contributed by atoms with Crippen LogP contribution in [0, 0.1) is 13.8 Å². The lowest BCUT2D eigenvalue weighted by Crippen LogP contribution is -2.23. The van der Waals surface area contributed by atoms with E-state index in [1.165, 1.54) is 17.8 Å². The third kappa shape index (κ3) is 7.71. The van der Waals surface area contributed by atoms with Crippen molar-refractivity contribution in [2.75, 3.05) is 25.3 Å². The third-order valence-corrected chi connectivity index (χ3v) is 6.32. The van der Waals surface area contributed by atoms with Gasteiger partial charge in [-0.2, -0.15) is 0 Å². The number of nitrogens with zero attached hydrogens (tertiary/aromatic N) is 3. The highest BCUT2D eigenvalue weighted by Gasteiger charge is 2.14. The fourth-order valence-corrected chi connectivity index (χ4v) is 4.26. The van der Waals surface area contributed by atoms with Crippen molar-refractivity contribution >= 4 is 35.3 Å². The molecule has 0 aliphatic heterocycles. The van der Waals surface area contributed by atoms with Crippen molar-refractivity contribution in [3.8, 4) is 11.5 Å². The van der Waals surface area contributed by atoms with Gasteiger partial charge in [0.2, 0.25) is 11.8 Å². The quantitative estimate of drug-likeness (QED) is 0.209. The number of benzene rings is 2. The molecule has 2 amide bonds. The van der Waals surface area contributed by atoms with Crippen molar-refractivity contribution in [3.05, 3.63) is 77.6 Å². The van der Waals surface area contributed by atoms with E-state index < -0.39 is 0 Å². The maximum Gasteiger partial charge on any atom is 0.244 e. The standard InChI is InChI=1S/C27H31N5O4S/c1-6-13-32-24(16-28-25(33)12-9-20-8-11-22(35-4)23(15-20)36-5)30-31-27(32)37-17-26(34)29-21-10-7-18(2)14-19(21)3/h6-12,14-15H,1,13,16-17H2,2-5H3,(H,28,33)(H,29,34). The maximum absolute atomic E-state index is 12.5. The summed E-state index contributed by atoms with van der Waals surface area (Å²) in [6.45, 7) is 8.37. The normalized spacial score (nSPS) is 10.8. The number of carbonyl (C=O) groups excluding carboxylic acids is 2. The van der Waals surface area contributed by atoms with Gasteiger partial charge in [0.05, 0.1) is 26.5 Å². The van der Waals surface area contributed by atoms with Crippen molar-refractivity contribution in [2.24, 2.45) is 0 Å². The van der Waals surface area contributed by atoms with E-state index in [-0.39, 0.29) is 24.1 Å². The van der Waals surface area contributed by atoms with E-state index in [9.17, 15) is 9.59 Å². The Hall–Kier alpha value is -4.05. The largest absolute Gasteiger partial charge is 0.493 e. The number of nitrogens with one attached hydrogen (secondary N) is 2. The Morgan fingerprint density at radius 1 is 1.08 bits per heavy atom. The molecule has 1 heterocycles. The third-order valence-electron chi connectivity index (χ3n) is 5.35. The highest BCUT2D eigenvalue weighted by Crippen LogP contribution is 2.28. The van der Waals surface area contributed by atoms with Crippen LogP contribution in [0.15, 0.2) is 60.3 Å². The summed E-state index contributed by atoms with van der Waals surface area (Å²) in [6, 6.07) is 11.3. The first-order chi connectivity index (χ1) is 17.8. The SMILES string of the molecule is C=CCn1c(CNC(=O)C=Cc2ccc(OC)c(OC)c2)nnc1SCC(=O)Nc1ccc(C)cc1C. The van der Waals surface area contributed by atoms with Gasteiger partial charge in [0.1, 0.15) is 0 Å². The maximum atomic E-state index is 12.5. The van der Waals surface area contributed by atoms with Crippen LogP contribution in [0.4, 0.5) is 5.69 Å². The van der Waals surface area contributed by atoms with Gasteiger partial charge in [-0.3, -0.25) is 9.59 Å². The van der Waals surface area contributed by atoms with Gasteiger partial charge in [-0.1, -0.05) is 41.6 Å². The van der Waals surface area contributed by atoms with E-state index in [2.05, 4.69) is 27.4 Å². The van der Waals surface area contributed by atoms with Crippen molar-refractivity contribution in [1.29, 1.82) is 0 Å². The molecule has 0 spiro atoms. The molecule has 10 heteroatoms. The average molecular weight is 522 g/mol. The summed E-state index contributed by atoms with van der Waals surface area (Å²) in [5, 5.41) is 14.7. The van der Waals surface area contributed by atoms with Gasteiger partial charge >= 0.3 is 0 Å². The van der Waals surface area contributed by atoms with Gasteiger partial charge in [0.15, 0.2) is 22.5 Å². The molecule has 9 nitrogen and oxygen atoms in total. The Morgan fingerprint density at radius 2 is 1.86 bits per heavy atom. The molecule has 0 radical (unpaired) electrons. The molecular weight excluding hydrogens is 490 g/mol. The molecule has 194 valence electrons. The topological polar surface area (TPSA) is 107 Å². The number of aryl methyl sites for hydroxylation is 2. The molecule has 0 atom stereocenters. The van der Waals surface area contributed by atoms with Gasteiger partial charge in [0.25, 0.3) is 0 Å². The molecule has 0 aliphatic carbocycles. The Labute approximate surface area is 221 Å². The first-order valence-electron chi connectivity index (χ1n) is 11.6. The molecule has 2 aromatic carbocycles. The highest BCUT2D eigenvalue weighted by molar-refractivity contribution is 7.99. The number of anilines is 1. The van der Waals surface area contributed by atoms with Crippen LogP contribution in [0.5, 0.6) is 11.5 Å². The monoisotopic (exact) mass is 521 g/mol. The Bertz CT molecular complexity index is 1300. The molecule has 37 heavy (non-hydrogen) atoms. The summed E-state index contributed by atoms with van der Waals surface area (Å²) in [5.41, 5.74) is 3.72. The van der Waals surface area contributed by atoms with Crippen molar-refractivity contribution in [3.63, 3.8) is 0 Å². The molecule has 1 aromatic heterocycles. The van der Waals surface area contributed by atoms with Gasteiger partial charge in [-0.25, -0.2) is 0 Å². The van der Waals surface area contributed by atoms with Crippen LogP contribution in [0.2, 0.25) is 0 Å². The van der Waals surface area contributed by atoms with Crippen LogP contribution < -0.4 is 20.1 Å². The van der Waals surface area contributed by atoms with Crippen LogP contribution in [-0.4, -0.2) is 46.6 Å². The van der Waals surface area contributed by atoms with Crippen LogP contribution in [-0.2, 0) is 22.7 Å². The van der Waals surface area contributed by atoms with Crippen LogP contribution in [0.3, 0.4) is 0 Å². The number of carbonyl (C=O) groups is 2. The molecule has 0 aliphatic rings. The van der Waals surface area contributed by atoms with E-state index in [1.54, 1.807) is 38.5 Å². The second-order valence-electron chi connectivity index (χ2n) is 8.12. The summed E-state index contributed by atoms with van der Waals surface area (Å²) < 4.78 is 12.3. The van der Waals surface area contributed by atoms with E-state index in [0.717, 1.165) is 22.4 Å². The molecule has 3 rings (SSSR count). The molecule has 0 saturated heterocycles. The van der Waals surface area contributed by atoms with Crippen LogP contribution in [0.25, 0.3) is 6.08 Å². The number of amides is 2. The lowest BCUT2D eigenvalue weighted by atomic mass is 10.1. The van der Waals surface area contributed by atoms with Crippen molar-refractivity contribution in [2.45, 2.75) is 32.1 Å². The van der Waals surface area contributed by atoms with Gasteiger partial charge in [-0.15, -0.1) is 16.8 Å². The predicted octanol–water partition coefficient (Wildman–Crippen LogP) is 4.16. The summed E-state index contributed by atoms with van der Waals surface area (Å²) in [5.74, 6) is 1.50. The van der Waals surface area contributed by atoms with Crippen LogP contribution >= 0.6 is 11.8 Å². The number of allylic oxidation sites excluding steroid dienone is 1.